The summed E-state index contributed by atoms with van der Waals surface area (Å²) in [5.41, 5.74) is 2.13. The third kappa shape index (κ3) is 4.68. The fraction of sp³-hybridized carbons (Fsp3) is 0.222. The number of ether oxygens (including phenoxy) is 1. The Kier molecular flexibility index (Phi) is 5.98. The molecule has 3 rings (SSSR count). The number of aliphatic hydroxyl groups is 1. The first-order valence-electron chi connectivity index (χ1n) is 7.94. The van der Waals surface area contributed by atoms with Crippen molar-refractivity contribution >= 4 is 28.6 Å². The standard InChI is InChI=1S/C18H17N3O4S/c22-11-20-15(14-3-1-2-8-19-14)10-25-13-6-4-12(5-7-13)9-16-17(23)21-18(24)26-16/h1-8,16,22H,9-11H2,(H,21,23,24). The number of carbonyl (C=O) groups is 2. The molecule has 0 spiro atoms. The van der Waals surface area contributed by atoms with Gasteiger partial charge in [-0.1, -0.05) is 30.0 Å². The average Bonchev–Trinajstić information content (AvgIpc) is 2.97. The Hall–Kier alpha value is -2.71. The predicted octanol–water partition coefficient (Wildman–Crippen LogP) is 1.79. The molecule has 0 bridgehead atoms. The normalized spacial score (nSPS) is 17.3. The Labute approximate surface area is 154 Å². The van der Waals surface area contributed by atoms with Crippen molar-refractivity contribution in [3.63, 3.8) is 0 Å². The molecule has 1 saturated heterocycles. The van der Waals surface area contributed by atoms with Crippen molar-refractivity contribution in [2.45, 2.75) is 11.7 Å². The second kappa shape index (κ2) is 8.59. The molecule has 2 heterocycles. The van der Waals surface area contributed by atoms with E-state index in [4.69, 9.17) is 9.84 Å². The Balaban J connectivity index is 1.59. The number of hydrogen-bond donors (Lipinski definition) is 2. The van der Waals surface area contributed by atoms with E-state index in [1.165, 1.54) is 0 Å². The number of aromatic nitrogens is 1. The largest absolute Gasteiger partial charge is 0.487 e. The number of pyridine rings is 1. The second-order valence-electron chi connectivity index (χ2n) is 5.48. The van der Waals surface area contributed by atoms with Gasteiger partial charge in [-0.05, 0) is 36.2 Å². The number of benzene rings is 1. The smallest absolute Gasteiger partial charge is 0.286 e. The Bertz CT molecular complexity index is 809. The Morgan fingerprint density at radius 1 is 1.23 bits per heavy atom. The van der Waals surface area contributed by atoms with Gasteiger partial charge in [-0.25, -0.2) is 0 Å². The van der Waals surface area contributed by atoms with Gasteiger partial charge in [0.25, 0.3) is 5.24 Å². The molecule has 1 aliphatic heterocycles. The van der Waals surface area contributed by atoms with Crippen molar-refractivity contribution in [2.75, 3.05) is 13.3 Å². The summed E-state index contributed by atoms with van der Waals surface area (Å²) < 4.78 is 5.72. The van der Waals surface area contributed by atoms with E-state index in [1.54, 1.807) is 30.5 Å². The Morgan fingerprint density at radius 2 is 2.04 bits per heavy atom. The highest BCUT2D eigenvalue weighted by Gasteiger charge is 2.31. The minimum Gasteiger partial charge on any atom is -0.487 e. The first-order chi connectivity index (χ1) is 12.7. The van der Waals surface area contributed by atoms with Crippen LogP contribution in [0.5, 0.6) is 5.75 Å². The summed E-state index contributed by atoms with van der Waals surface area (Å²) >= 11 is 1.01. The fourth-order valence-electron chi connectivity index (χ4n) is 2.43. The van der Waals surface area contributed by atoms with Gasteiger partial charge in [-0.3, -0.25) is 24.9 Å². The van der Waals surface area contributed by atoms with Crippen LogP contribution in [0.1, 0.15) is 11.3 Å². The molecule has 7 nitrogen and oxygen atoms in total. The van der Waals surface area contributed by atoms with E-state index < -0.39 is 0 Å². The number of carbonyl (C=O) groups excluding carboxylic acids is 2. The highest BCUT2D eigenvalue weighted by Crippen LogP contribution is 2.23. The van der Waals surface area contributed by atoms with Gasteiger partial charge in [-0.2, -0.15) is 0 Å². The van der Waals surface area contributed by atoms with Crippen LogP contribution in [0.2, 0.25) is 0 Å². The van der Waals surface area contributed by atoms with Crippen LogP contribution in [-0.2, 0) is 11.2 Å². The minimum atomic E-state index is -0.387. The van der Waals surface area contributed by atoms with E-state index in [9.17, 15) is 9.59 Å². The summed E-state index contributed by atoms with van der Waals surface area (Å²) in [6.45, 7) is -0.166. The molecule has 8 heteroatoms. The molecular formula is C18H17N3O4S. The van der Waals surface area contributed by atoms with Crippen molar-refractivity contribution in [1.82, 2.24) is 10.3 Å². The number of nitrogens with zero attached hydrogens (tertiary/aromatic N) is 2. The molecule has 1 aliphatic rings. The SMILES string of the molecule is O=C1NC(=O)C(Cc2ccc(OCC(=NCO)c3ccccn3)cc2)S1. The number of rotatable bonds is 7. The maximum atomic E-state index is 11.6. The van der Waals surface area contributed by atoms with Crippen LogP contribution in [0.3, 0.4) is 0 Å². The molecule has 2 N–H and O–H groups in total. The van der Waals surface area contributed by atoms with Gasteiger partial charge in [0.15, 0.2) is 0 Å². The predicted molar refractivity (Wildman–Crippen MR) is 98.4 cm³/mol. The summed E-state index contributed by atoms with van der Waals surface area (Å²) in [5.74, 6) is 0.385. The highest BCUT2D eigenvalue weighted by molar-refractivity contribution is 8.15. The van der Waals surface area contributed by atoms with Crippen LogP contribution in [0, 0.1) is 0 Å². The molecule has 26 heavy (non-hydrogen) atoms. The number of aliphatic hydroxyl groups excluding tert-OH is 1. The second-order valence-corrected chi connectivity index (χ2v) is 6.66. The zero-order chi connectivity index (χ0) is 18.4. The van der Waals surface area contributed by atoms with E-state index in [1.807, 2.05) is 18.2 Å². The van der Waals surface area contributed by atoms with Gasteiger partial charge in [0, 0.05) is 6.20 Å². The maximum Gasteiger partial charge on any atom is 0.286 e. The van der Waals surface area contributed by atoms with Crippen LogP contribution in [0.4, 0.5) is 4.79 Å². The number of thioether (sulfide) groups is 1. The zero-order valence-electron chi connectivity index (χ0n) is 13.8. The lowest BCUT2D eigenvalue weighted by Crippen LogP contribution is -2.25. The maximum absolute atomic E-state index is 11.6. The van der Waals surface area contributed by atoms with Crippen molar-refractivity contribution < 1.29 is 19.4 Å². The first kappa shape index (κ1) is 18.1. The molecule has 134 valence electrons. The third-order valence-electron chi connectivity index (χ3n) is 3.71. The quantitative estimate of drug-likeness (QED) is 0.720. The van der Waals surface area contributed by atoms with Gasteiger partial charge < -0.3 is 9.84 Å². The molecule has 0 saturated carbocycles. The summed E-state index contributed by atoms with van der Waals surface area (Å²) in [5, 5.41) is 10.7. The van der Waals surface area contributed by atoms with Crippen molar-refractivity contribution in [1.29, 1.82) is 0 Å². The monoisotopic (exact) mass is 371 g/mol. The molecule has 2 amide bonds. The minimum absolute atomic E-state index is 0.173. The van der Waals surface area contributed by atoms with Crippen molar-refractivity contribution in [2.24, 2.45) is 4.99 Å². The van der Waals surface area contributed by atoms with E-state index in [0.29, 0.717) is 23.6 Å². The van der Waals surface area contributed by atoms with E-state index >= 15 is 0 Å². The fourth-order valence-corrected chi connectivity index (χ4v) is 3.29. The topological polar surface area (TPSA) is 101 Å². The lowest BCUT2D eigenvalue weighted by Gasteiger charge is -2.10. The molecule has 1 unspecified atom stereocenters. The van der Waals surface area contributed by atoms with Gasteiger partial charge in [0.05, 0.1) is 10.9 Å². The van der Waals surface area contributed by atoms with Crippen LogP contribution in [0.15, 0.2) is 53.7 Å². The third-order valence-corrected chi connectivity index (χ3v) is 4.69. The number of nitrogens with one attached hydrogen (secondary N) is 1. The molecule has 1 aromatic carbocycles. The zero-order valence-corrected chi connectivity index (χ0v) is 14.6. The van der Waals surface area contributed by atoms with E-state index in [0.717, 1.165) is 17.3 Å². The number of aliphatic imine (C=N–C) groups is 1. The van der Waals surface area contributed by atoms with Crippen LogP contribution >= 0.6 is 11.8 Å². The summed E-state index contributed by atoms with van der Waals surface area (Å²) in [6.07, 6.45) is 2.13. The summed E-state index contributed by atoms with van der Waals surface area (Å²) in [7, 11) is 0. The van der Waals surface area contributed by atoms with Crippen LogP contribution < -0.4 is 10.1 Å². The molecular weight excluding hydrogens is 354 g/mol. The van der Waals surface area contributed by atoms with Crippen LogP contribution in [-0.4, -0.2) is 45.5 Å². The molecule has 1 fully saturated rings. The van der Waals surface area contributed by atoms with E-state index in [2.05, 4.69) is 15.3 Å². The van der Waals surface area contributed by atoms with Crippen molar-refractivity contribution in [3.8, 4) is 5.75 Å². The molecule has 0 aliphatic carbocycles. The molecule has 2 aromatic rings. The lowest BCUT2D eigenvalue weighted by molar-refractivity contribution is -0.118. The molecule has 1 aromatic heterocycles. The van der Waals surface area contributed by atoms with Crippen LogP contribution in [0.25, 0.3) is 0 Å². The molecule has 0 radical (unpaired) electrons. The highest BCUT2D eigenvalue weighted by atomic mass is 32.2. The molecule has 1 atom stereocenters. The Morgan fingerprint density at radius 3 is 2.65 bits per heavy atom. The number of imide groups is 1. The van der Waals surface area contributed by atoms with Gasteiger partial charge >= 0.3 is 0 Å². The summed E-state index contributed by atoms with van der Waals surface area (Å²) in [6, 6.07) is 12.7. The first-order valence-corrected chi connectivity index (χ1v) is 8.82. The summed E-state index contributed by atoms with van der Waals surface area (Å²) in [4.78, 5) is 31.0. The average molecular weight is 371 g/mol. The van der Waals surface area contributed by atoms with Gasteiger partial charge in [0.1, 0.15) is 24.8 Å². The number of amides is 2. The number of hydrogen-bond acceptors (Lipinski definition) is 7. The van der Waals surface area contributed by atoms with Gasteiger partial charge in [0.2, 0.25) is 5.91 Å². The lowest BCUT2D eigenvalue weighted by atomic mass is 10.1. The van der Waals surface area contributed by atoms with E-state index in [-0.39, 0.29) is 29.7 Å². The van der Waals surface area contributed by atoms with Crippen molar-refractivity contribution in [3.05, 3.63) is 59.9 Å². The van der Waals surface area contributed by atoms with Gasteiger partial charge in [-0.15, -0.1) is 0 Å².